The number of halogens is 2. The molecule has 0 aliphatic rings. The first-order chi connectivity index (χ1) is 14.9. The summed E-state index contributed by atoms with van der Waals surface area (Å²) in [6.07, 6.45) is 1.76. The third-order valence-electron chi connectivity index (χ3n) is 5.11. The Kier molecular flexibility index (Phi) is 5.75. The lowest BCUT2D eigenvalue weighted by Gasteiger charge is -2.09. The van der Waals surface area contributed by atoms with Crippen molar-refractivity contribution in [3.63, 3.8) is 0 Å². The lowest BCUT2D eigenvalue weighted by atomic mass is 10.1. The lowest BCUT2D eigenvalue weighted by Crippen LogP contribution is -1.99. The fourth-order valence-corrected chi connectivity index (χ4v) is 3.42. The van der Waals surface area contributed by atoms with Gasteiger partial charge in [0.15, 0.2) is 0 Å². The number of aromatic amines is 1. The minimum absolute atomic E-state index is 0.0297. The van der Waals surface area contributed by atoms with E-state index in [2.05, 4.69) is 16.0 Å². The Bertz CT molecular complexity index is 1270. The Hall–Kier alpha value is -3.62. The van der Waals surface area contributed by atoms with Crippen molar-refractivity contribution in [2.75, 3.05) is 0 Å². The predicted molar refractivity (Wildman–Crippen MR) is 121 cm³/mol. The van der Waals surface area contributed by atoms with Gasteiger partial charge in [-0.05, 0) is 73.0 Å². The molecule has 3 aromatic carbocycles. The summed E-state index contributed by atoms with van der Waals surface area (Å²) in [5, 5.41) is 9.97. The van der Waals surface area contributed by atoms with Crippen molar-refractivity contribution in [2.24, 2.45) is 0 Å². The molecule has 0 atom stereocenters. The van der Waals surface area contributed by atoms with E-state index in [-0.39, 0.29) is 6.61 Å². The number of imidazole rings is 1. The van der Waals surface area contributed by atoms with Crippen molar-refractivity contribution < 1.29 is 9.13 Å². The van der Waals surface area contributed by atoms with E-state index in [0.717, 1.165) is 27.7 Å². The van der Waals surface area contributed by atoms with Crippen LogP contribution >= 0.6 is 11.6 Å². The van der Waals surface area contributed by atoms with Crippen molar-refractivity contribution in [1.82, 2.24) is 9.97 Å². The summed E-state index contributed by atoms with van der Waals surface area (Å²) in [5.74, 6) is 0.698. The third kappa shape index (κ3) is 4.45. The van der Waals surface area contributed by atoms with E-state index >= 15 is 0 Å². The molecule has 31 heavy (non-hydrogen) atoms. The molecule has 0 aliphatic heterocycles. The van der Waals surface area contributed by atoms with Crippen LogP contribution in [0.4, 0.5) is 4.39 Å². The highest BCUT2D eigenvalue weighted by atomic mass is 35.5. The van der Waals surface area contributed by atoms with E-state index in [9.17, 15) is 9.65 Å². The molecule has 0 radical (unpaired) electrons. The molecular weight excluding hydrogens is 413 g/mol. The summed E-state index contributed by atoms with van der Waals surface area (Å²) >= 11 is 6.03. The minimum atomic E-state index is -0.401. The highest BCUT2D eigenvalue weighted by molar-refractivity contribution is 6.31. The number of allylic oxidation sites excluding steroid dienone is 1. The van der Waals surface area contributed by atoms with Crippen LogP contribution in [0, 0.1) is 31.0 Å². The van der Waals surface area contributed by atoms with Crippen LogP contribution in [0.2, 0.25) is 5.02 Å². The van der Waals surface area contributed by atoms with Gasteiger partial charge in [-0.3, -0.25) is 0 Å². The zero-order valence-corrected chi connectivity index (χ0v) is 17.8. The average molecular weight is 432 g/mol. The van der Waals surface area contributed by atoms with E-state index in [1.807, 2.05) is 38.1 Å². The third-order valence-corrected chi connectivity index (χ3v) is 5.46. The fraction of sp³-hybridized carbons (Fsp3) is 0.120. The largest absolute Gasteiger partial charge is 0.489 e. The van der Waals surface area contributed by atoms with Gasteiger partial charge in [0, 0.05) is 5.56 Å². The van der Waals surface area contributed by atoms with Gasteiger partial charge in [-0.25, -0.2) is 9.37 Å². The number of aryl methyl sites for hydroxylation is 2. The van der Waals surface area contributed by atoms with E-state index in [0.29, 0.717) is 27.7 Å². The second-order valence-electron chi connectivity index (χ2n) is 7.27. The molecule has 0 amide bonds. The Morgan fingerprint density at radius 3 is 2.61 bits per heavy atom. The molecule has 0 saturated heterocycles. The van der Waals surface area contributed by atoms with Gasteiger partial charge in [0.05, 0.1) is 21.6 Å². The van der Waals surface area contributed by atoms with Gasteiger partial charge in [-0.1, -0.05) is 29.8 Å². The van der Waals surface area contributed by atoms with Crippen molar-refractivity contribution in [2.45, 2.75) is 20.5 Å². The molecule has 1 aromatic heterocycles. The van der Waals surface area contributed by atoms with Crippen molar-refractivity contribution in [3.05, 3.63) is 93.5 Å². The average Bonchev–Trinajstić information content (AvgIpc) is 3.15. The van der Waals surface area contributed by atoms with E-state index in [1.165, 1.54) is 6.07 Å². The molecule has 0 bridgehead atoms. The van der Waals surface area contributed by atoms with Crippen LogP contribution in [-0.2, 0) is 6.61 Å². The van der Waals surface area contributed by atoms with Gasteiger partial charge in [0.2, 0.25) is 0 Å². The highest BCUT2D eigenvalue weighted by Gasteiger charge is 2.10. The number of nitrogens with zero attached hydrogens (tertiary/aromatic N) is 2. The summed E-state index contributed by atoms with van der Waals surface area (Å²) in [6, 6.07) is 18.0. The maximum atomic E-state index is 13.9. The van der Waals surface area contributed by atoms with Gasteiger partial charge in [-0.2, -0.15) is 5.26 Å². The number of ether oxygens (including phenoxy) is 1. The molecule has 154 valence electrons. The SMILES string of the molecule is Cc1cc2nc(/C(C#N)=C/c3ccc(OCc4c(F)cccc4Cl)cc3)[nH]c2cc1C. The Labute approximate surface area is 184 Å². The van der Waals surface area contributed by atoms with Crippen LogP contribution in [0.15, 0.2) is 54.6 Å². The Morgan fingerprint density at radius 2 is 1.90 bits per heavy atom. The standard InChI is InChI=1S/C25H19ClFN3O/c1-15-10-23-24(11-16(15)2)30-25(29-23)18(13-28)12-17-6-8-19(9-7-17)31-14-20-21(26)4-3-5-22(20)27/h3-12H,14H2,1-2H3,(H,29,30)/b18-12+. The maximum Gasteiger partial charge on any atom is 0.149 e. The zero-order chi connectivity index (χ0) is 22.0. The van der Waals surface area contributed by atoms with Crippen molar-refractivity contribution in [1.29, 1.82) is 5.26 Å². The Morgan fingerprint density at radius 1 is 1.16 bits per heavy atom. The molecule has 0 saturated carbocycles. The van der Waals surface area contributed by atoms with Gasteiger partial charge in [-0.15, -0.1) is 0 Å². The molecule has 0 aliphatic carbocycles. The first-order valence-electron chi connectivity index (χ1n) is 9.69. The van der Waals surface area contributed by atoms with Gasteiger partial charge < -0.3 is 9.72 Å². The molecule has 0 fully saturated rings. The number of nitrogens with one attached hydrogen (secondary N) is 1. The van der Waals surface area contributed by atoms with Crippen LogP contribution in [0.25, 0.3) is 22.7 Å². The smallest absolute Gasteiger partial charge is 0.149 e. The molecule has 1 heterocycles. The van der Waals surface area contributed by atoms with E-state index < -0.39 is 5.82 Å². The van der Waals surface area contributed by atoms with Crippen LogP contribution in [0.3, 0.4) is 0 Å². The molecule has 4 aromatic rings. The lowest BCUT2D eigenvalue weighted by molar-refractivity contribution is 0.300. The van der Waals surface area contributed by atoms with Gasteiger partial charge in [0.25, 0.3) is 0 Å². The number of hydrogen-bond donors (Lipinski definition) is 1. The fourth-order valence-electron chi connectivity index (χ4n) is 3.20. The van der Waals surface area contributed by atoms with E-state index in [4.69, 9.17) is 16.3 Å². The zero-order valence-electron chi connectivity index (χ0n) is 17.0. The molecule has 6 heteroatoms. The number of nitriles is 1. The van der Waals surface area contributed by atoms with Gasteiger partial charge in [0.1, 0.15) is 30.1 Å². The van der Waals surface area contributed by atoms with Crippen LogP contribution in [0.5, 0.6) is 5.75 Å². The second kappa shape index (κ2) is 8.63. The Balaban J connectivity index is 1.53. The molecule has 0 spiro atoms. The molecule has 1 N–H and O–H groups in total. The van der Waals surface area contributed by atoms with Crippen molar-refractivity contribution in [3.8, 4) is 11.8 Å². The highest BCUT2D eigenvalue weighted by Crippen LogP contribution is 2.24. The number of aromatic nitrogens is 2. The molecule has 4 rings (SSSR count). The summed E-state index contributed by atoms with van der Waals surface area (Å²) < 4.78 is 19.5. The predicted octanol–water partition coefficient (Wildman–Crippen LogP) is 6.62. The molecular formula is C25H19ClFN3O. The van der Waals surface area contributed by atoms with Crippen molar-refractivity contribution >= 4 is 34.3 Å². The van der Waals surface area contributed by atoms with Crippen LogP contribution < -0.4 is 4.74 Å². The topological polar surface area (TPSA) is 61.7 Å². The number of hydrogen-bond acceptors (Lipinski definition) is 3. The minimum Gasteiger partial charge on any atom is -0.489 e. The number of rotatable bonds is 5. The monoisotopic (exact) mass is 431 g/mol. The van der Waals surface area contributed by atoms with Gasteiger partial charge >= 0.3 is 0 Å². The normalized spacial score (nSPS) is 11.5. The summed E-state index contributed by atoms with van der Waals surface area (Å²) in [7, 11) is 0. The maximum absolute atomic E-state index is 13.9. The number of fused-ring (bicyclic) bond motifs is 1. The number of benzene rings is 3. The molecule has 4 nitrogen and oxygen atoms in total. The summed E-state index contributed by atoms with van der Waals surface area (Å²) in [5.41, 5.74) is 5.61. The first kappa shape index (κ1) is 20.6. The van der Waals surface area contributed by atoms with Crippen LogP contribution in [-0.4, -0.2) is 9.97 Å². The van der Waals surface area contributed by atoms with E-state index in [1.54, 1.807) is 30.3 Å². The molecule has 0 unspecified atom stereocenters. The number of H-pyrrole nitrogens is 1. The second-order valence-corrected chi connectivity index (χ2v) is 7.67. The quantitative estimate of drug-likeness (QED) is 0.361. The summed E-state index contributed by atoms with van der Waals surface area (Å²) in [6.45, 7) is 4.11. The summed E-state index contributed by atoms with van der Waals surface area (Å²) in [4.78, 5) is 7.78. The first-order valence-corrected chi connectivity index (χ1v) is 10.1. The van der Waals surface area contributed by atoms with Crippen LogP contribution in [0.1, 0.15) is 28.1 Å².